The van der Waals surface area contributed by atoms with Crippen LogP contribution in [0.4, 0.5) is 13.2 Å². The monoisotopic (exact) mass is 560 g/mol. The maximum atomic E-state index is 10.7. The quantitative estimate of drug-likeness (QED) is 0.0553. The summed E-state index contributed by atoms with van der Waals surface area (Å²) >= 11 is 0. The summed E-state index contributed by atoms with van der Waals surface area (Å²) in [5, 5.41) is 0. The molecule has 0 spiro atoms. The van der Waals surface area contributed by atoms with Crippen molar-refractivity contribution in [3.8, 4) is 0 Å². The molecule has 37 heavy (non-hydrogen) atoms. The van der Waals surface area contributed by atoms with Gasteiger partial charge in [-0.1, -0.05) is 105 Å². The Bertz CT molecular complexity index is 522. The van der Waals surface area contributed by atoms with E-state index in [0.717, 1.165) is 0 Å². The highest BCUT2D eigenvalue weighted by molar-refractivity contribution is 7.86. The fourth-order valence-corrected chi connectivity index (χ4v) is 4.87. The summed E-state index contributed by atoms with van der Waals surface area (Å²) in [7, 11) is -5.84. The van der Waals surface area contributed by atoms with Gasteiger partial charge in [-0.2, -0.15) is 21.6 Å². The first kappa shape index (κ1) is 38.8. The molecule has 1 N–H and O–H groups in total. The summed E-state index contributed by atoms with van der Waals surface area (Å²) in [5.74, 6) is 0. The van der Waals surface area contributed by atoms with E-state index in [1.807, 2.05) is 0 Å². The van der Waals surface area contributed by atoms with Crippen molar-refractivity contribution in [1.29, 1.82) is 0 Å². The molecule has 0 aliphatic rings. The number of halogens is 3. The van der Waals surface area contributed by atoms with Crippen LogP contribution >= 0.6 is 0 Å². The van der Waals surface area contributed by atoms with Gasteiger partial charge in [0.25, 0.3) is 0 Å². The Hall–Kier alpha value is -0.340. The molecule has 0 aromatic heterocycles. The van der Waals surface area contributed by atoms with Gasteiger partial charge >= 0.3 is 15.6 Å². The molecule has 0 bridgehead atoms. The Morgan fingerprint density at radius 1 is 0.486 bits per heavy atom. The zero-order valence-electron chi connectivity index (χ0n) is 24.7. The van der Waals surface area contributed by atoms with Crippen LogP contribution in [0, 0.1) is 0 Å². The molecular formula is C29H61F3NO3S+. The third-order valence-electron chi connectivity index (χ3n) is 7.24. The molecule has 0 unspecified atom stereocenters. The minimum Gasteiger partial charge on any atom is -0.324 e. The van der Waals surface area contributed by atoms with Crippen molar-refractivity contribution in [3.63, 3.8) is 0 Å². The van der Waals surface area contributed by atoms with Gasteiger partial charge in [0, 0.05) is 0 Å². The van der Waals surface area contributed by atoms with Crippen LogP contribution in [0.1, 0.15) is 156 Å². The SMILES string of the molecule is CCCCCCC[N+](CCCCCCC)(CCCCCCC)CCCCCCC.O=S(=O)(O)C(F)(F)F. The topological polar surface area (TPSA) is 54.4 Å². The molecule has 0 aromatic carbocycles. The van der Waals surface area contributed by atoms with Gasteiger partial charge in [0.2, 0.25) is 0 Å². The highest BCUT2D eigenvalue weighted by Crippen LogP contribution is 2.21. The number of alkyl halides is 3. The van der Waals surface area contributed by atoms with Crippen molar-refractivity contribution in [2.24, 2.45) is 0 Å². The van der Waals surface area contributed by atoms with E-state index < -0.39 is 15.6 Å². The molecule has 0 atom stereocenters. The number of hydrogen-bond donors (Lipinski definition) is 1. The van der Waals surface area contributed by atoms with Crippen molar-refractivity contribution in [3.05, 3.63) is 0 Å². The first-order valence-corrected chi connectivity index (χ1v) is 16.8. The van der Waals surface area contributed by atoms with Crippen molar-refractivity contribution >= 4 is 10.1 Å². The molecule has 0 aromatic rings. The second-order valence-electron chi connectivity index (χ2n) is 10.8. The van der Waals surface area contributed by atoms with Crippen LogP contribution in [0.25, 0.3) is 0 Å². The molecule has 4 nitrogen and oxygen atoms in total. The van der Waals surface area contributed by atoms with E-state index in [2.05, 4.69) is 27.7 Å². The van der Waals surface area contributed by atoms with Crippen LogP contribution in [0.3, 0.4) is 0 Å². The van der Waals surface area contributed by atoms with E-state index in [1.54, 1.807) is 0 Å². The highest BCUT2D eigenvalue weighted by atomic mass is 32.2. The van der Waals surface area contributed by atoms with Crippen LogP contribution in [0.15, 0.2) is 0 Å². The number of rotatable bonds is 24. The predicted molar refractivity (Wildman–Crippen MR) is 152 cm³/mol. The van der Waals surface area contributed by atoms with Crippen LogP contribution < -0.4 is 0 Å². The molecule has 0 saturated heterocycles. The zero-order chi connectivity index (χ0) is 28.5. The Balaban J connectivity index is 0. The standard InChI is InChI=1S/C28H60N.CHF3O3S/c1-5-9-13-17-21-25-29(26-22-18-14-10-6-2,27-23-19-15-11-7-3)28-24-20-16-12-8-4;2-1(3,4)8(5,6)7/h5-28H2,1-4H3;(H,5,6,7)/q+1;. The maximum absolute atomic E-state index is 10.7. The average Bonchev–Trinajstić information content (AvgIpc) is 2.82. The number of unbranched alkanes of at least 4 members (excludes halogenated alkanes) is 16. The lowest BCUT2D eigenvalue weighted by Crippen LogP contribution is -2.50. The van der Waals surface area contributed by atoms with Gasteiger partial charge in [0.05, 0.1) is 26.2 Å². The molecule has 0 rings (SSSR count). The smallest absolute Gasteiger partial charge is 0.324 e. The van der Waals surface area contributed by atoms with E-state index in [-0.39, 0.29) is 0 Å². The molecular weight excluding hydrogens is 499 g/mol. The summed E-state index contributed by atoms with van der Waals surface area (Å²) < 4.78 is 59.0. The fraction of sp³-hybridized carbons (Fsp3) is 1.00. The summed E-state index contributed by atoms with van der Waals surface area (Å²) in [4.78, 5) is 0. The fourth-order valence-electron chi connectivity index (χ4n) is 4.87. The molecule has 0 heterocycles. The maximum Gasteiger partial charge on any atom is 0.522 e. The Labute approximate surface area is 228 Å². The van der Waals surface area contributed by atoms with E-state index in [9.17, 15) is 13.2 Å². The van der Waals surface area contributed by atoms with Crippen molar-refractivity contribution in [2.45, 2.75) is 162 Å². The lowest BCUT2D eigenvalue weighted by Gasteiger charge is -2.39. The summed E-state index contributed by atoms with van der Waals surface area (Å²) in [6, 6.07) is 0. The minimum atomic E-state index is -5.84. The first-order chi connectivity index (χ1) is 17.5. The van der Waals surface area contributed by atoms with Crippen molar-refractivity contribution in [1.82, 2.24) is 0 Å². The first-order valence-electron chi connectivity index (χ1n) is 15.4. The van der Waals surface area contributed by atoms with Gasteiger partial charge in [-0.3, -0.25) is 4.55 Å². The Morgan fingerprint density at radius 3 is 0.838 bits per heavy atom. The zero-order valence-corrected chi connectivity index (χ0v) is 25.5. The normalized spacial score (nSPS) is 12.4. The van der Waals surface area contributed by atoms with Crippen molar-refractivity contribution in [2.75, 3.05) is 26.2 Å². The molecule has 0 fully saturated rings. The predicted octanol–water partition coefficient (Wildman–Crippen LogP) is 10.1. The average molecular weight is 561 g/mol. The lowest BCUT2D eigenvalue weighted by atomic mass is 10.1. The lowest BCUT2D eigenvalue weighted by molar-refractivity contribution is -0.929. The Kier molecular flexibility index (Phi) is 25.9. The number of hydrogen-bond acceptors (Lipinski definition) is 2. The van der Waals surface area contributed by atoms with Crippen molar-refractivity contribution < 1.29 is 30.6 Å². The molecule has 8 heteroatoms. The van der Waals surface area contributed by atoms with Crippen LogP contribution in [0.2, 0.25) is 0 Å². The summed E-state index contributed by atoms with van der Waals surface area (Å²) in [6.45, 7) is 15.2. The third kappa shape index (κ3) is 24.4. The summed E-state index contributed by atoms with van der Waals surface area (Å²) in [6.07, 6.45) is 28.8. The van der Waals surface area contributed by atoms with Gasteiger partial charge in [0.15, 0.2) is 0 Å². The van der Waals surface area contributed by atoms with Gasteiger partial charge in [-0.25, -0.2) is 0 Å². The van der Waals surface area contributed by atoms with Gasteiger partial charge in [-0.15, -0.1) is 0 Å². The molecule has 0 radical (unpaired) electrons. The van der Waals surface area contributed by atoms with E-state index >= 15 is 0 Å². The van der Waals surface area contributed by atoms with Crippen LogP contribution in [0.5, 0.6) is 0 Å². The van der Waals surface area contributed by atoms with Gasteiger partial charge in [-0.05, 0) is 51.4 Å². The number of nitrogens with zero attached hydrogens (tertiary/aromatic N) is 1. The minimum absolute atomic E-state index is 1.37. The Morgan fingerprint density at radius 2 is 0.676 bits per heavy atom. The molecule has 0 aliphatic carbocycles. The van der Waals surface area contributed by atoms with Gasteiger partial charge < -0.3 is 4.48 Å². The summed E-state index contributed by atoms with van der Waals surface area (Å²) in [5.41, 5.74) is -5.53. The second kappa shape index (κ2) is 24.7. The third-order valence-corrected chi connectivity index (χ3v) is 7.82. The number of quaternary nitrogens is 1. The molecule has 0 aliphatic heterocycles. The van der Waals surface area contributed by atoms with E-state index in [0.29, 0.717) is 0 Å². The van der Waals surface area contributed by atoms with Crippen LogP contribution in [-0.4, -0.2) is 49.1 Å². The largest absolute Gasteiger partial charge is 0.522 e. The molecule has 0 amide bonds. The highest BCUT2D eigenvalue weighted by Gasteiger charge is 2.44. The molecule has 226 valence electrons. The van der Waals surface area contributed by atoms with Crippen LogP contribution in [-0.2, 0) is 10.1 Å². The second-order valence-corrected chi connectivity index (χ2v) is 12.2. The molecule has 0 saturated carbocycles. The van der Waals surface area contributed by atoms with Gasteiger partial charge in [0.1, 0.15) is 0 Å². The van der Waals surface area contributed by atoms with E-state index in [4.69, 9.17) is 13.0 Å². The van der Waals surface area contributed by atoms with E-state index in [1.165, 1.54) is 159 Å².